The summed E-state index contributed by atoms with van der Waals surface area (Å²) in [5, 5.41) is 1.31. The highest BCUT2D eigenvalue weighted by atomic mass is 35.5. The summed E-state index contributed by atoms with van der Waals surface area (Å²) >= 11 is 12.1. The van der Waals surface area contributed by atoms with E-state index in [1.807, 2.05) is 30.1 Å². The van der Waals surface area contributed by atoms with Crippen molar-refractivity contribution in [2.75, 3.05) is 11.9 Å². The highest BCUT2D eigenvalue weighted by Crippen LogP contribution is 2.24. The van der Waals surface area contributed by atoms with Crippen molar-refractivity contribution in [1.29, 1.82) is 0 Å². The molecule has 5 heteroatoms. The van der Waals surface area contributed by atoms with Crippen molar-refractivity contribution in [3.63, 3.8) is 0 Å². The molecular weight excluding hydrogens is 305 g/mol. The van der Waals surface area contributed by atoms with Gasteiger partial charge in [0.15, 0.2) is 0 Å². The van der Waals surface area contributed by atoms with Crippen molar-refractivity contribution in [3.05, 3.63) is 51.9 Å². The van der Waals surface area contributed by atoms with Gasteiger partial charge in [0.05, 0.1) is 0 Å². The van der Waals surface area contributed by atoms with Gasteiger partial charge in [0.2, 0.25) is 0 Å². The summed E-state index contributed by atoms with van der Waals surface area (Å²) in [7, 11) is 1.99. The summed E-state index contributed by atoms with van der Waals surface area (Å²) in [6.45, 7) is 6.96. The predicted octanol–water partition coefficient (Wildman–Crippen LogP) is 4.72. The molecule has 0 saturated carbocycles. The Labute approximate surface area is 135 Å². The van der Waals surface area contributed by atoms with E-state index < -0.39 is 0 Å². The van der Waals surface area contributed by atoms with Crippen molar-refractivity contribution in [1.82, 2.24) is 9.97 Å². The zero-order valence-corrected chi connectivity index (χ0v) is 14.2. The average molecular weight is 324 g/mol. The first-order valence-corrected chi connectivity index (χ1v) is 7.51. The Morgan fingerprint density at radius 2 is 1.86 bits per heavy atom. The maximum Gasteiger partial charge on any atom is 0.135 e. The summed E-state index contributed by atoms with van der Waals surface area (Å²) < 4.78 is 0. The van der Waals surface area contributed by atoms with Gasteiger partial charge in [0.1, 0.15) is 11.6 Å². The van der Waals surface area contributed by atoms with Crippen molar-refractivity contribution in [3.8, 4) is 0 Å². The molecule has 0 spiro atoms. The van der Waals surface area contributed by atoms with Gasteiger partial charge in [-0.05, 0) is 23.8 Å². The lowest BCUT2D eigenvalue weighted by atomic mass is 9.96. The second kappa shape index (κ2) is 6.20. The maximum absolute atomic E-state index is 6.22. The zero-order chi connectivity index (χ0) is 15.6. The molecule has 2 rings (SSSR count). The molecule has 0 N–H and O–H groups in total. The van der Waals surface area contributed by atoms with Gasteiger partial charge in [-0.2, -0.15) is 0 Å². The van der Waals surface area contributed by atoms with Gasteiger partial charge in [-0.3, -0.25) is 0 Å². The summed E-state index contributed by atoms with van der Waals surface area (Å²) in [5.41, 5.74) is 0.939. The lowest BCUT2D eigenvalue weighted by Gasteiger charge is -2.22. The zero-order valence-electron chi connectivity index (χ0n) is 12.7. The highest BCUT2D eigenvalue weighted by molar-refractivity contribution is 6.35. The quantitative estimate of drug-likeness (QED) is 0.818. The minimum absolute atomic E-state index is 0.0746. The van der Waals surface area contributed by atoms with E-state index in [4.69, 9.17) is 23.2 Å². The summed E-state index contributed by atoms with van der Waals surface area (Å²) in [6.07, 6.45) is 1.79. The van der Waals surface area contributed by atoms with E-state index in [0.717, 1.165) is 17.2 Å². The molecule has 112 valence electrons. The minimum Gasteiger partial charge on any atom is -0.355 e. The Bertz CT molecular complexity index is 636. The van der Waals surface area contributed by atoms with Crippen molar-refractivity contribution in [2.45, 2.75) is 32.7 Å². The largest absolute Gasteiger partial charge is 0.355 e. The molecule has 1 aromatic heterocycles. The minimum atomic E-state index is -0.0746. The molecule has 0 aliphatic carbocycles. The van der Waals surface area contributed by atoms with E-state index in [1.165, 1.54) is 0 Å². The third-order valence-electron chi connectivity index (χ3n) is 3.13. The van der Waals surface area contributed by atoms with Crippen molar-refractivity contribution in [2.24, 2.45) is 0 Å². The Balaban J connectivity index is 2.22. The van der Waals surface area contributed by atoms with Crippen LogP contribution in [0.3, 0.4) is 0 Å². The van der Waals surface area contributed by atoms with Crippen LogP contribution in [-0.4, -0.2) is 17.0 Å². The summed E-state index contributed by atoms with van der Waals surface area (Å²) in [4.78, 5) is 11.0. The molecule has 0 unspecified atom stereocenters. The maximum atomic E-state index is 6.22. The number of halogens is 2. The fourth-order valence-corrected chi connectivity index (χ4v) is 2.38. The van der Waals surface area contributed by atoms with Crippen LogP contribution in [-0.2, 0) is 12.0 Å². The first kappa shape index (κ1) is 16.1. The third kappa shape index (κ3) is 4.08. The van der Waals surface area contributed by atoms with Gasteiger partial charge in [-0.1, -0.05) is 50.0 Å². The first-order chi connectivity index (χ1) is 9.77. The van der Waals surface area contributed by atoms with Crippen molar-refractivity contribution >= 4 is 29.0 Å². The highest BCUT2D eigenvalue weighted by Gasteiger charge is 2.18. The molecule has 0 saturated heterocycles. The van der Waals surface area contributed by atoms with Crippen LogP contribution < -0.4 is 4.90 Å². The molecule has 3 nitrogen and oxygen atoms in total. The number of aromatic nitrogens is 2. The smallest absolute Gasteiger partial charge is 0.135 e. The van der Waals surface area contributed by atoms with Gasteiger partial charge in [0.25, 0.3) is 0 Å². The lowest BCUT2D eigenvalue weighted by molar-refractivity contribution is 0.544. The Morgan fingerprint density at radius 1 is 1.14 bits per heavy atom. The number of nitrogens with zero attached hydrogens (tertiary/aromatic N) is 3. The molecule has 2 aromatic rings. The number of hydrogen-bond acceptors (Lipinski definition) is 3. The number of hydrogen-bond donors (Lipinski definition) is 0. The van der Waals surface area contributed by atoms with Crippen LogP contribution in [0.25, 0.3) is 0 Å². The van der Waals surface area contributed by atoms with Crippen LogP contribution >= 0.6 is 23.2 Å². The molecule has 0 aliphatic rings. The van der Waals surface area contributed by atoms with Crippen molar-refractivity contribution < 1.29 is 0 Å². The normalized spacial score (nSPS) is 11.5. The Hall–Kier alpha value is -1.32. The van der Waals surface area contributed by atoms with E-state index in [-0.39, 0.29) is 5.41 Å². The second-order valence-electron chi connectivity index (χ2n) is 6.08. The number of anilines is 1. The average Bonchev–Trinajstić information content (AvgIpc) is 2.41. The van der Waals surface area contributed by atoms with Gasteiger partial charge in [0, 0.05) is 35.2 Å². The Morgan fingerprint density at radius 3 is 2.48 bits per heavy atom. The number of benzene rings is 1. The number of rotatable bonds is 3. The van der Waals surface area contributed by atoms with Crippen LogP contribution in [0.5, 0.6) is 0 Å². The summed E-state index contributed by atoms with van der Waals surface area (Å²) in [6, 6.07) is 7.44. The molecule has 0 fully saturated rings. The van der Waals surface area contributed by atoms with Crippen LogP contribution in [0.1, 0.15) is 32.2 Å². The van der Waals surface area contributed by atoms with Crippen LogP contribution in [0.4, 0.5) is 5.82 Å². The fourth-order valence-electron chi connectivity index (χ4n) is 1.91. The van der Waals surface area contributed by atoms with E-state index >= 15 is 0 Å². The monoisotopic (exact) mass is 323 g/mol. The molecule has 0 radical (unpaired) electrons. The van der Waals surface area contributed by atoms with Gasteiger partial charge in [-0.25, -0.2) is 9.97 Å². The van der Waals surface area contributed by atoms with Gasteiger partial charge < -0.3 is 4.90 Å². The van der Waals surface area contributed by atoms with E-state index in [2.05, 4.69) is 30.7 Å². The fraction of sp³-hybridized carbons (Fsp3) is 0.375. The Kier molecular flexibility index (Phi) is 4.74. The standard InChI is InChI=1S/C16H19Cl2N3/c1-16(2,3)15-19-8-7-14(20-15)21(4)10-11-5-6-12(17)9-13(11)18/h5-9H,10H2,1-4H3. The topological polar surface area (TPSA) is 29.0 Å². The van der Waals surface area contributed by atoms with E-state index in [1.54, 1.807) is 12.3 Å². The van der Waals surface area contributed by atoms with Crippen LogP contribution in [0.2, 0.25) is 10.0 Å². The predicted molar refractivity (Wildman–Crippen MR) is 89.3 cm³/mol. The van der Waals surface area contributed by atoms with E-state index in [9.17, 15) is 0 Å². The van der Waals surface area contributed by atoms with Crippen LogP contribution in [0.15, 0.2) is 30.5 Å². The summed E-state index contributed by atoms with van der Waals surface area (Å²) in [5.74, 6) is 1.70. The third-order valence-corrected chi connectivity index (χ3v) is 3.71. The molecule has 1 aromatic carbocycles. The van der Waals surface area contributed by atoms with Gasteiger partial charge >= 0.3 is 0 Å². The van der Waals surface area contributed by atoms with E-state index in [0.29, 0.717) is 16.6 Å². The lowest BCUT2D eigenvalue weighted by Crippen LogP contribution is -2.22. The second-order valence-corrected chi connectivity index (χ2v) is 6.92. The molecule has 0 atom stereocenters. The molecule has 0 amide bonds. The molecule has 1 heterocycles. The molecule has 0 aliphatic heterocycles. The van der Waals surface area contributed by atoms with Gasteiger partial charge in [-0.15, -0.1) is 0 Å². The first-order valence-electron chi connectivity index (χ1n) is 6.76. The SMILES string of the molecule is CN(Cc1ccc(Cl)cc1Cl)c1ccnc(C(C)(C)C)n1. The molecule has 0 bridgehead atoms. The molecular formula is C16H19Cl2N3. The van der Waals surface area contributed by atoms with Crippen LogP contribution in [0, 0.1) is 0 Å². The molecule has 21 heavy (non-hydrogen) atoms.